The summed E-state index contributed by atoms with van der Waals surface area (Å²) in [7, 11) is 1.65. The summed E-state index contributed by atoms with van der Waals surface area (Å²) in [6.45, 7) is 15.4. The third kappa shape index (κ3) is 12.0. The zero-order valence-corrected chi connectivity index (χ0v) is 25.6. The van der Waals surface area contributed by atoms with Crippen molar-refractivity contribution in [2.24, 2.45) is 0 Å². The Kier molecular flexibility index (Phi) is 14.8. The Bertz CT molecular complexity index is 1010. The van der Waals surface area contributed by atoms with Gasteiger partial charge in [-0.25, -0.2) is 13.6 Å². The van der Waals surface area contributed by atoms with Crippen molar-refractivity contribution in [1.82, 2.24) is 21.3 Å². The van der Waals surface area contributed by atoms with Crippen molar-refractivity contribution in [3.8, 4) is 0 Å². The molecule has 0 spiro atoms. The molecule has 0 saturated heterocycles. The molecule has 2 aromatic rings. The van der Waals surface area contributed by atoms with Gasteiger partial charge in [0.25, 0.3) is 0 Å². The van der Waals surface area contributed by atoms with Crippen molar-refractivity contribution in [3.63, 3.8) is 0 Å². The Labute approximate surface area is 240 Å². The first-order valence-corrected chi connectivity index (χ1v) is 14.4. The molecule has 3 amide bonds. The summed E-state index contributed by atoms with van der Waals surface area (Å²) in [4.78, 5) is 22.8. The number of carbonyl (C=O) groups excluding carboxylic acids is 2. The van der Waals surface area contributed by atoms with E-state index in [4.69, 9.17) is 0 Å². The lowest BCUT2D eigenvalue weighted by Gasteiger charge is -2.42. The molecule has 0 radical (unpaired) electrons. The van der Waals surface area contributed by atoms with Gasteiger partial charge in [0.1, 0.15) is 11.6 Å². The molecule has 6 nitrogen and oxygen atoms in total. The number of carbonyl (C=O) groups is 2. The first kappa shape index (κ1) is 35.0. The van der Waals surface area contributed by atoms with Gasteiger partial charge in [-0.1, -0.05) is 58.9 Å². The van der Waals surface area contributed by atoms with Gasteiger partial charge < -0.3 is 21.3 Å². The summed E-state index contributed by atoms with van der Waals surface area (Å²) >= 11 is 0. The van der Waals surface area contributed by atoms with Gasteiger partial charge in [-0.15, -0.1) is 0 Å². The highest BCUT2D eigenvalue weighted by atomic mass is 19.1. The number of amides is 3. The number of hydrogen-bond donors (Lipinski definition) is 4. The molecule has 4 N–H and O–H groups in total. The molecule has 0 aromatic heterocycles. The number of rotatable bonds is 7. The molecular formula is C32H50F2N4O2. The Morgan fingerprint density at radius 3 is 2.08 bits per heavy atom. The minimum atomic E-state index is -0.521. The van der Waals surface area contributed by atoms with Gasteiger partial charge >= 0.3 is 6.03 Å². The average Bonchev–Trinajstić information content (AvgIpc) is 2.89. The molecule has 0 atom stereocenters. The monoisotopic (exact) mass is 560 g/mol. The van der Waals surface area contributed by atoms with E-state index >= 15 is 0 Å². The molecule has 1 aliphatic rings. The number of urea groups is 1. The van der Waals surface area contributed by atoms with Crippen molar-refractivity contribution in [2.45, 2.75) is 97.6 Å². The van der Waals surface area contributed by atoms with Gasteiger partial charge in [0.15, 0.2) is 0 Å². The van der Waals surface area contributed by atoms with Crippen LogP contribution in [-0.4, -0.2) is 38.1 Å². The van der Waals surface area contributed by atoms with Crippen molar-refractivity contribution in [1.29, 1.82) is 0 Å². The highest BCUT2D eigenvalue weighted by Crippen LogP contribution is 2.38. The maximum atomic E-state index is 12.2. The second kappa shape index (κ2) is 17.0. The molecule has 0 aliphatic heterocycles. The summed E-state index contributed by atoms with van der Waals surface area (Å²) in [5.74, 6) is -1.03. The predicted octanol–water partition coefficient (Wildman–Crippen LogP) is 6.47. The van der Waals surface area contributed by atoms with E-state index in [0.29, 0.717) is 12.1 Å². The minimum Gasteiger partial charge on any atom is -0.356 e. The van der Waals surface area contributed by atoms with Crippen LogP contribution in [0.5, 0.6) is 0 Å². The van der Waals surface area contributed by atoms with Crippen molar-refractivity contribution < 1.29 is 18.4 Å². The first-order chi connectivity index (χ1) is 18.8. The van der Waals surface area contributed by atoms with Gasteiger partial charge in [0.2, 0.25) is 5.91 Å². The van der Waals surface area contributed by atoms with Crippen LogP contribution in [0.2, 0.25) is 0 Å². The van der Waals surface area contributed by atoms with E-state index < -0.39 is 11.6 Å². The van der Waals surface area contributed by atoms with Crippen molar-refractivity contribution in [3.05, 3.63) is 70.8 Å². The van der Waals surface area contributed by atoms with Gasteiger partial charge in [-0.05, 0) is 79.8 Å². The van der Waals surface area contributed by atoms with Crippen LogP contribution in [0, 0.1) is 18.6 Å². The molecule has 0 bridgehead atoms. The number of hydrogen-bond acceptors (Lipinski definition) is 3. The van der Waals surface area contributed by atoms with Crippen LogP contribution < -0.4 is 21.3 Å². The normalized spacial score (nSPS) is 18.3. The van der Waals surface area contributed by atoms with Crippen LogP contribution in [0.3, 0.4) is 0 Å². The van der Waals surface area contributed by atoms with Crippen LogP contribution >= 0.6 is 0 Å². The quantitative estimate of drug-likeness (QED) is 0.293. The number of nitrogens with one attached hydrogen (secondary N) is 4. The second-order valence-corrected chi connectivity index (χ2v) is 11.1. The van der Waals surface area contributed by atoms with E-state index in [0.717, 1.165) is 44.7 Å². The fourth-order valence-corrected chi connectivity index (χ4v) is 4.74. The number of aryl methyl sites for hydroxylation is 1. The molecule has 0 heterocycles. The molecule has 1 fully saturated rings. The van der Waals surface area contributed by atoms with Gasteiger partial charge in [-0.2, -0.15) is 0 Å². The van der Waals surface area contributed by atoms with Crippen LogP contribution in [0.25, 0.3) is 0 Å². The Morgan fingerprint density at radius 1 is 0.975 bits per heavy atom. The average molecular weight is 561 g/mol. The highest BCUT2D eigenvalue weighted by molar-refractivity contribution is 5.73. The smallest absolute Gasteiger partial charge is 0.314 e. The lowest BCUT2D eigenvalue weighted by Crippen LogP contribution is -2.51. The van der Waals surface area contributed by atoms with Crippen LogP contribution in [0.4, 0.5) is 13.6 Å². The van der Waals surface area contributed by atoms with Gasteiger partial charge in [-0.3, -0.25) is 4.79 Å². The molecule has 0 unspecified atom stereocenters. The zero-order chi connectivity index (χ0) is 30.3. The summed E-state index contributed by atoms with van der Waals surface area (Å²) < 4.78 is 24.4. The molecule has 1 saturated carbocycles. The van der Waals surface area contributed by atoms with E-state index in [-0.39, 0.29) is 28.9 Å². The van der Waals surface area contributed by atoms with E-state index in [1.807, 2.05) is 13.8 Å². The SMILES string of the molecule is CC.CNC(=O)NC1CCC(NCCCNC(C)=O)(c2cccc(C(C)(C)C)c2)CC1.Cc1cc(F)cc(F)c1. The number of halogens is 2. The molecule has 40 heavy (non-hydrogen) atoms. The van der Waals surface area contributed by atoms with E-state index in [2.05, 4.69) is 66.3 Å². The topological polar surface area (TPSA) is 82.3 Å². The predicted molar refractivity (Wildman–Crippen MR) is 160 cm³/mol. The van der Waals surface area contributed by atoms with Crippen molar-refractivity contribution in [2.75, 3.05) is 20.1 Å². The summed E-state index contributed by atoms with van der Waals surface area (Å²) in [6, 6.07) is 12.4. The minimum absolute atomic E-state index is 0.0124. The molecule has 224 valence electrons. The van der Waals surface area contributed by atoms with Crippen LogP contribution in [0.1, 0.15) is 90.3 Å². The fourth-order valence-electron chi connectivity index (χ4n) is 4.74. The Balaban J connectivity index is 0.000000609. The fraction of sp³-hybridized carbons (Fsp3) is 0.562. The summed E-state index contributed by atoms with van der Waals surface area (Å²) in [5, 5.41) is 12.4. The molecule has 8 heteroatoms. The lowest BCUT2D eigenvalue weighted by atomic mass is 9.73. The van der Waals surface area contributed by atoms with Crippen molar-refractivity contribution >= 4 is 11.9 Å². The van der Waals surface area contributed by atoms with E-state index in [1.165, 1.54) is 23.3 Å². The maximum absolute atomic E-state index is 12.2. The summed E-state index contributed by atoms with van der Waals surface area (Å²) in [5.41, 5.74) is 3.26. The summed E-state index contributed by atoms with van der Waals surface area (Å²) in [6.07, 6.45) is 4.70. The number of benzene rings is 2. The third-order valence-electron chi connectivity index (χ3n) is 6.88. The standard InChI is InChI=1S/C23H38N4O2.C7H6F2.C2H6/c1-17(28)25-14-7-15-26-23(12-10-20(11-13-23)27-21(29)24-5)19-9-6-8-18(16-19)22(2,3)4;1-5-2-6(8)4-7(9)3-5;1-2/h6,8-9,16,20,26H,7,10-15H2,1-5H3,(H,25,28)(H2,24,27,29);2-4H,1H3;1-2H3. The Hall–Kier alpha value is -3.00. The largest absolute Gasteiger partial charge is 0.356 e. The highest BCUT2D eigenvalue weighted by Gasteiger charge is 2.37. The van der Waals surface area contributed by atoms with Crippen LogP contribution in [-0.2, 0) is 15.7 Å². The van der Waals surface area contributed by atoms with Gasteiger partial charge in [0.05, 0.1) is 0 Å². The third-order valence-corrected chi connectivity index (χ3v) is 6.88. The molecular weight excluding hydrogens is 510 g/mol. The Morgan fingerprint density at radius 2 is 1.57 bits per heavy atom. The first-order valence-electron chi connectivity index (χ1n) is 14.4. The molecule has 3 rings (SSSR count). The van der Waals surface area contributed by atoms with E-state index in [1.54, 1.807) is 20.9 Å². The molecule has 1 aliphatic carbocycles. The van der Waals surface area contributed by atoms with Gasteiger partial charge in [0, 0.05) is 38.2 Å². The second-order valence-electron chi connectivity index (χ2n) is 11.1. The van der Waals surface area contributed by atoms with Crippen LogP contribution in [0.15, 0.2) is 42.5 Å². The van der Waals surface area contributed by atoms with E-state index in [9.17, 15) is 18.4 Å². The molecule has 2 aromatic carbocycles. The lowest BCUT2D eigenvalue weighted by molar-refractivity contribution is -0.118. The maximum Gasteiger partial charge on any atom is 0.314 e. The zero-order valence-electron chi connectivity index (χ0n) is 25.6.